The number of fused-ring (bicyclic) bond motifs is 1. The van der Waals surface area contributed by atoms with Crippen LogP contribution in [-0.4, -0.2) is 54.7 Å². The van der Waals surface area contributed by atoms with Gasteiger partial charge in [0, 0.05) is 31.5 Å². The van der Waals surface area contributed by atoms with Crippen molar-refractivity contribution in [3.63, 3.8) is 0 Å². The highest BCUT2D eigenvalue weighted by atomic mass is 16.8. The lowest BCUT2D eigenvalue weighted by Gasteiger charge is -2.21. The number of aromatic nitrogens is 6. The first-order chi connectivity index (χ1) is 23.1. The second-order valence-electron chi connectivity index (χ2n) is 13.0. The second-order valence-corrected chi connectivity index (χ2v) is 13.0. The summed E-state index contributed by atoms with van der Waals surface area (Å²) in [7, 11) is 0. The van der Waals surface area contributed by atoms with Gasteiger partial charge in [0.15, 0.2) is 5.82 Å². The molecule has 48 heavy (non-hydrogen) atoms. The lowest BCUT2D eigenvalue weighted by atomic mass is 9.87. The Labute approximate surface area is 282 Å². The maximum atomic E-state index is 13.3. The number of carbonyl (C=O) groups excluding carboxylic acids is 2. The molecule has 0 radical (unpaired) electrons. The highest BCUT2D eigenvalue weighted by Gasteiger charge is 2.29. The molecule has 0 amide bonds. The lowest BCUT2D eigenvalue weighted by molar-refractivity contribution is -0.162. The maximum Gasteiger partial charge on any atom is 0.511 e. The minimum absolute atomic E-state index is 0.342. The number of carbonyl (C=O) groups is 2. The Balaban J connectivity index is 1.47. The molecule has 1 N–H and O–H groups in total. The van der Waals surface area contributed by atoms with E-state index < -0.39 is 18.4 Å². The largest absolute Gasteiger partial charge is 0.511 e. The van der Waals surface area contributed by atoms with Crippen LogP contribution in [0.25, 0.3) is 28.1 Å². The molecule has 0 aliphatic heterocycles. The summed E-state index contributed by atoms with van der Waals surface area (Å²) in [4.78, 5) is 30.4. The molecule has 11 nitrogen and oxygen atoms in total. The molecule has 0 fully saturated rings. The van der Waals surface area contributed by atoms with E-state index in [1.165, 1.54) is 6.92 Å². The van der Waals surface area contributed by atoms with Crippen LogP contribution in [0.15, 0.2) is 54.6 Å². The monoisotopic (exact) mass is 654 g/mol. The average Bonchev–Trinajstić information content (AvgIpc) is 3.65. The molecule has 2 heterocycles. The van der Waals surface area contributed by atoms with Crippen LogP contribution in [0.3, 0.4) is 0 Å². The van der Waals surface area contributed by atoms with Crippen molar-refractivity contribution >= 4 is 17.7 Å². The third kappa shape index (κ3) is 8.56. The number of aromatic amines is 1. The zero-order chi connectivity index (χ0) is 34.2. The topological polar surface area (TPSA) is 134 Å². The van der Waals surface area contributed by atoms with Gasteiger partial charge in [-0.05, 0) is 84.1 Å². The van der Waals surface area contributed by atoms with Crippen LogP contribution in [0, 0.1) is 11.8 Å². The predicted octanol–water partition coefficient (Wildman–Crippen LogP) is 7.56. The minimum atomic E-state index is -1.10. The predicted molar refractivity (Wildman–Crippen MR) is 182 cm³/mol. The fourth-order valence-corrected chi connectivity index (χ4v) is 6.19. The molecule has 254 valence electrons. The molecule has 0 bridgehead atoms. The van der Waals surface area contributed by atoms with Crippen molar-refractivity contribution in [1.82, 2.24) is 30.2 Å². The summed E-state index contributed by atoms with van der Waals surface area (Å²) in [5, 5.41) is 14.5. The maximum absolute atomic E-state index is 13.3. The summed E-state index contributed by atoms with van der Waals surface area (Å²) in [5.41, 5.74) is 7.02. The molecule has 0 saturated heterocycles. The van der Waals surface area contributed by atoms with E-state index in [0.717, 1.165) is 83.6 Å². The number of hydrogen-bond acceptors (Lipinski definition) is 9. The van der Waals surface area contributed by atoms with E-state index in [4.69, 9.17) is 19.2 Å². The van der Waals surface area contributed by atoms with Gasteiger partial charge in [0.25, 0.3) is 0 Å². The van der Waals surface area contributed by atoms with E-state index in [1.54, 1.807) is 19.9 Å². The standard InChI is InChI=1S/C37H46N6O5/c1-7-8-13-33-38-32-19-18-28(23(2)3)20-29(21-34(44)47-25(6)48-37(45)46-24(4)5)35(32)43(33)22-26-14-16-27(17-15-26)30-11-9-10-12-31(30)36-39-41-42-40-36/h9-12,14-17,21,23-25,28H,7-8,13,18-20,22H2,1-6H3,(H,39,40,41,42). The zero-order valence-corrected chi connectivity index (χ0v) is 28.7. The SMILES string of the molecule is CCCCc1nc2c(n1Cc1ccc(-c3ccccc3-c3nnn[nH]3)cc1)C(=CC(=O)OC(C)OC(=O)OC(C)C)CC(C(C)C)CC2. The van der Waals surface area contributed by atoms with E-state index in [-0.39, 0.29) is 6.10 Å². The number of unbranched alkanes of at least 4 members (excludes halogenated alkanes) is 1. The van der Waals surface area contributed by atoms with E-state index in [2.05, 4.69) is 76.3 Å². The molecule has 1 aliphatic carbocycles. The van der Waals surface area contributed by atoms with Crippen LogP contribution in [0.2, 0.25) is 0 Å². The molecule has 5 rings (SSSR count). The van der Waals surface area contributed by atoms with E-state index in [1.807, 2.05) is 18.2 Å². The summed E-state index contributed by atoms with van der Waals surface area (Å²) in [6.45, 7) is 12.2. The van der Waals surface area contributed by atoms with Gasteiger partial charge in [-0.15, -0.1) is 5.10 Å². The zero-order valence-electron chi connectivity index (χ0n) is 28.7. The Morgan fingerprint density at radius 2 is 1.75 bits per heavy atom. The van der Waals surface area contributed by atoms with Gasteiger partial charge in [-0.25, -0.2) is 19.7 Å². The quantitative estimate of drug-likeness (QED) is 0.0711. The molecule has 2 atom stereocenters. The number of nitrogens with one attached hydrogen (secondary N) is 1. The van der Waals surface area contributed by atoms with E-state index >= 15 is 0 Å². The van der Waals surface area contributed by atoms with Crippen molar-refractivity contribution in [3.05, 3.63) is 77.4 Å². The lowest BCUT2D eigenvalue weighted by Crippen LogP contribution is -2.23. The fourth-order valence-electron chi connectivity index (χ4n) is 6.19. The summed E-state index contributed by atoms with van der Waals surface area (Å²) in [5.74, 6) is 1.87. The van der Waals surface area contributed by atoms with Crippen molar-refractivity contribution in [1.29, 1.82) is 0 Å². The highest BCUT2D eigenvalue weighted by molar-refractivity contribution is 5.91. The number of allylic oxidation sites excluding steroid dienone is 1. The van der Waals surface area contributed by atoms with Crippen molar-refractivity contribution < 1.29 is 23.8 Å². The second kappa shape index (κ2) is 15.9. The number of rotatable bonds is 12. The van der Waals surface area contributed by atoms with Gasteiger partial charge < -0.3 is 18.8 Å². The number of benzene rings is 2. The Hall–Kier alpha value is -4.80. The van der Waals surface area contributed by atoms with Crippen LogP contribution < -0.4 is 0 Å². The van der Waals surface area contributed by atoms with Crippen molar-refractivity contribution in [3.8, 4) is 22.5 Å². The molecule has 0 spiro atoms. The molecule has 11 heteroatoms. The van der Waals surface area contributed by atoms with Crippen LogP contribution in [-0.2, 0) is 38.4 Å². The van der Waals surface area contributed by atoms with Crippen LogP contribution in [0.1, 0.15) is 90.0 Å². The molecule has 2 aromatic heterocycles. The van der Waals surface area contributed by atoms with E-state index in [0.29, 0.717) is 24.2 Å². The number of hydrogen-bond donors (Lipinski definition) is 1. The number of imidazole rings is 1. The molecular formula is C37H46N6O5. The molecule has 1 aliphatic rings. The van der Waals surface area contributed by atoms with E-state index in [9.17, 15) is 9.59 Å². The summed E-state index contributed by atoms with van der Waals surface area (Å²) < 4.78 is 17.9. The van der Waals surface area contributed by atoms with Crippen molar-refractivity contribution in [2.75, 3.05) is 0 Å². The molecular weight excluding hydrogens is 608 g/mol. The number of tetrazole rings is 1. The van der Waals surface area contributed by atoms with Crippen LogP contribution >= 0.6 is 0 Å². The Morgan fingerprint density at radius 3 is 2.42 bits per heavy atom. The summed E-state index contributed by atoms with van der Waals surface area (Å²) in [6, 6.07) is 16.6. The third-order valence-corrected chi connectivity index (χ3v) is 8.66. The van der Waals surface area contributed by atoms with Gasteiger partial charge in [-0.2, -0.15) is 0 Å². The van der Waals surface area contributed by atoms with Gasteiger partial charge in [-0.1, -0.05) is 75.7 Å². The van der Waals surface area contributed by atoms with Crippen molar-refractivity contribution in [2.24, 2.45) is 11.8 Å². The first-order valence-electron chi connectivity index (χ1n) is 16.9. The van der Waals surface area contributed by atoms with Gasteiger partial charge in [0.2, 0.25) is 6.29 Å². The summed E-state index contributed by atoms with van der Waals surface area (Å²) in [6.07, 6.45) is 4.69. The molecule has 2 unspecified atom stereocenters. The molecule has 2 aromatic carbocycles. The Kier molecular flexibility index (Phi) is 11.4. The number of ether oxygens (including phenoxy) is 3. The van der Waals surface area contributed by atoms with Crippen molar-refractivity contribution in [2.45, 2.75) is 99.0 Å². The first-order valence-corrected chi connectivity index (χ1v) is 16.9. The smallest absolute Gasteiger partial charge is 0.431 e. The van der Waals surface area contributed by atoms with Gasteiger partial charge in [0.05, 0.1) is 17.5 Å². The first kappa shape index (κ1) is 34.5. The van der Waals surface area contributed by atoms with Crippen LogP contribution in [0.5, 0.6) is 0 Å². The Morgan fingerprint density at radius 1 is 1.00 bits per heavy atom. The normalized spacial score (nSPS) is 16.1. The van der Waals surface area contributed by atoms with Gasteiger partial charge in [-0.3, -0.25) is 0 Å². The Bertz CT molecular complexity index is 1710. The molecule has 0 saturated carbocycles. The average molecular weight is 655 g/mol. The number of esters is 1. The number of nitrogens with zero attached hydrogens (tertiary/aromatic N) is 5. The van der Waals surface area contributed by atoms with Crippen LogP contribution in [0.4, 0.5) is 4.79 Å². The minimum Gasteiger partial charge on any atom is -0.431 e. The molecule has 4 aromatic rings. The van der Waals surface area contributed by atoms with Gasteiger partial charge in [0.1, 0.15) is 5.82 Å². The summed E-state index contributed by atoms with van der Waals surface area (Å²) >= 11 is 0. The van der Waals surface area contributed by atoms with Gasteiger partial charge >= 0.3 is 12.1 Å². The number of H-pyrrole nitrogens is 1. The highest BCUT2D eigenvalue weighted by Crippen LogP contribution is 2.38. The number of aryl methyl sites for hydroxylation is 2. The fraction of sp³-hybridized carbons (Fsp3) is 0.459. The third-order valence-electron chi connectivity index (χ3n) is 8.66.